The van der Waals surface area contributed by atoms with Gasteiger partial charge in [0.15, 0.2) is 0 Å². The molecule has 0 aliphatic heterocycles. The molecule has 2 aromatic heterocycles. The van der Waals surface area contributed by atoms with Crippen LogP contribution in [0.15, 0.2) is 40.9 Å². The molecule has 1 amide bonds. The van der Waals surface area contributed by atoms with Gasteiger partial charge in [-0.1, -0.05) is 17.7 Å². The highest BCUT2D eigenvalue weighted by molar-refractivity contribution is 6.30. The van der Waals surface area contributed by atoms with Crippen LogP contribution in [0.2, 0.25) is 5.02 Å². The van der Waals surface area contributed by atoms with E-state index in [4.69, 9.17) is 16.0 Å². The normalized spacial score (nSPS) is 12.2. The number of nitrogens with one attached hydrogen (secondary N) is 1. The lowest BCUT2D eigenvalue weighted by molar-refractivity contribution is 0.0939. The van der Waals surface area contributed by atoms with E-state index in [-0.39, 0.29) is 11.9 Å². The Morgan fingerprint density at radius 2 is 2.04 bits per heavy atom. The Balaban J connectivity index is 1.83. The Morgan fingerprint density at radius 3 is 2.68 bits per heavy atom. The maximum Gasteiger partial charge on any atom is 0.255 e. The molecule has 25 heavy (non-hydrogen) atoms. The smallest absolute Gasteiger partial charge is 0.255 e. The molecular weight excluding hydrogens is 338 g/mol. The van der Waals surface area contributed by atoms with Crippen molar-refractivity contribution in [2.24, 2.45) is 0 Å². The van der Waals surface area contributed by atoms with Crippen LogP contribution < -0.4 is 5.32 Å². The van der Waals surface area contributed by atoms with E-state index in [1.807, 2.05) is 52.0 Å². The van der Waals surface area contributed by atoms with Crippen molar-refractivity contribution in [3.05, 3.63) is 69.9 Å². The SMILES string of the molecule is Cc1cc(C(C)NC(=O)c2cnn(-c3cccc(Cl)c3)c2C)c(C)o1. The fourth-order valence-corrected chi connectivity index (χ4v) is 3.12. The lowest BCUT2D eigenvalue weighted by Crippen LogP contribution is -2.27. The number of halogens is 1. The van der Waals surface area contributed by atoms with E-state index in [1.54, 1.807) is 16.9 Å². The Morgan fingerprint density at radius 1 is 1.28 bits per heavy atom. The van der Waals surface area contributed by atoms with E-state index < -0.39 is 0 Å². The number of carbonyl (C=O) groups is 1. The Hall–Kier alpha value is -2.53. The third-order valence-electron chi connectivity index (χ3n) is 4.20. The highest BCUT2D eigenvalue weighted by Gasteiger charge is 2.19. The molecule has 3 rings (SSSR count). The number of hydrogen-bond acceptors (Lipinski definition) is 3. The summed E-state index contributed by atoms with van der Waals surface area (Å²) < 4.78 is 7.25. The van der Waals surface area contributed by atoms with E-state index in [1.165, 1.54) is 0 Å². The molecule has 0 bridgehead atoms. The van der Waals surface area contributed by atoms with Gasteiger partial charge in [0.05, 0.1) is 29.2 Å². The number of aryl methyl sites for hydroxylation is 2. The highest BCUT2D eigenvalue weighted by atomic mass is 35.5. The zero-order valence-electron chi connectivity index (χ0n) is 14.6. The number of carbonyl (C=O) groups excluding carboxylic acids is 1. The van der Waals surface area contributed by atoms with E-state index in [0.29, 0.717) is 10.6 Å². The predicted octanol–water partition coefficient (Wildman–Crippen LogP) is 4.53. The van der Waals surface area contributed by atoms with Crippen molar-refractivity contribution < 1.29 is 9.21 Å². The van der Waals surface area contributed by atoms with Gasteiger partial charge < -0.3 is 9.73 Å². The summed E-state index contributed by atoms with van der Waals surface area (Å²) in [5.74, 6) is 1.48. The number of hydrogen-bond donors (Lipinski definition) is 1. The largest absolute Gasteiger partial charge is 0.466 e. The van der Waals surface area contributed by atoms with Crippen LogP contribution >= 0.6 is 11.6 Å². The second-order valence-corrected chi connectivity index (χ2v) is 6.54. The zero-order valence-corrected chi connectivity index (χ0v) is 15.4. The zero-order chi connectivity index (χ0) is 18.1. The number of benzene rings is 1. The molecule has 0 radical (unpaired) electrons. The fraction of sp³-hybridized carbons (Fsp3) is 0.263. The number of furan rings is 1. The number of aromatic nitrogens is 2. The summed E-state index contributed by atoms with van der Waals surface area (Å²) in [7, 11) is 0. The first-order valence-electron chi connectivity index (χ1n) is 8.05. The highest BCUT2D eigenvalue weighted by Crippen LogP contribution is 2.22. The van der Waals surface area contributed by atoms with Crippen LogP contribution in [-0.2, 0) is 0 Å². The number of amides is 1. The average Bonchev–Trinajstić information content (AvgIpc) is 3.09. The molecule has 3 aromatic rings. The lowest BCUT2D eigenvalue weighted by atomic mass is 10.1. The Kier molecular flexibility index (Phi) is 4.68. The third-order valence-corrected chi connectivity index (χ3v) is 4.44. The van der Waals surface area contributed by atoms with Crippen molar-refractivity contribution in [2.75, 3.05) is 0 Å². The molecule has 1 atom stereocenters. The second kappa shape index (κ2) is 6.76. The molecular formula is C19H20ClN3O2. The summed E-state index contributed by atoms with van der Waals surface area (Å²) in [6.07, 6.45) is 1.58. The molecule has 5 nitrogen and oxygen atoms in total. The van der Waals surface area contributed by atoms with Crippen molar-refractivity contribution in [1.82, 2.24) is 15.1 Å². The van der Waals surface area contributed by atoms with Gasteiger partial charge in [0.25, 0.3) is 5.91 Å². The van der Waals surface area contributed by atoms with Gasteiger partial charge in [-0.3, -0.25) is 4.79 Å². The first kappa shape index (κ1) is 17.3. The predicted molar refractivity (Wildman–Crippen MR) is 97.4 cm³/mol. The minimum atomic E-state index is -0.170. The molecule has 0 saturated heterocycles. The number of rotatable bonds is 4. The van der Waals surface area contributed by atoms with Gasteiger partial charge in [-0.25, -0.2) is 4.68 Å². The third kappa shape index (κ3) is 3.46. The molecule has 0 aliphatic carbocycles. The van der Waals surface area contributed by atoms with E-state index >= 15 is 0 Å². The van der Waals surface area contributed by atoms with Crippen molar-refractivity contribution in [3.8, 4) is 5.69 Å². The maximum absolute atomic E-state index is 12.7. The minimum Gasteiger partial charge on any atom is -0.466 e. The maximum atomic E-state index is 12.7. The first-order chi connectivity index (χ1) is 11.9. The van der Waals surface area contributed by atoms with Crippen molar-refractivity contribution in [2.45, 2.75) is 33.7 Å². The molecule has 1 N–H and O–H groups in total. The van der Waals surface area contributed by atoms with Crippen molar-refractivity contribution >= 4 is 17.5 Å². The summed E-state index contributed by atoms with van der Waals surface area (Å²) in [6.45, 7) is 7.59. The van der Waals surface area contributed by atoms with E-state index in [0.717, 1.165) is 28.5 Å². The second-order valence-electron chi connectivity index (χ2n) is 6.10. The Bertz CT molecular complexity index is 927. The summed E-state index contributed by atoms with van der Waals surface area (Å²) in [5, 5.41) is 7.96. The summed E-state index contributed by atoms with van der Waals surface area (Å²) in [5.41, 5.74) is 3.08. The van der Waals surface area contributed by atoms with Crippen LogP contribution in [0.1, 0.15) is 46.1 Å². The van der Waals surface area contributed by atoms with Crippen LogP contribution in [0.5, 0.6) is 0 Å². The van der Waals surface area contributed by atoms with Crippen LogP contribution in [0, 0.1) is 20.8 Å². The van der Waals surface area contributed by atoms with Gasteiger partial charge in [0.2, 0.25) is 0 Å². The van der Waals surface area contributed by atoms with Crippen molar-refractivity contribution in [1.29, 1.82) is 0 Å². The van der Waals surface area contributed by atoms with Gasteiger partial charge in [-0.2, -0.15) is 5.10 Å². The number of nitrogens with zero attached hydrogens (tertiary/aromatic N) is 2. The lowest BCUT2D eigenvalue weighted by Gasteiger charge is -2.13. The summed E-state index contributed by atoms with van der Waals surface area (Å²) in [6, 6.07) is 9.15. The Labute approximate surface area is 151 Å². The van der Waals surface area contributed by atoms with Gasteiger partial charge in [0, 0.05) is 10.6 Å². The van der Waals surface area contributed by atoms with Gasteiger partial charge in [-0.05, 0) is 52.0 Å². The molecule has 0 fully saturated rings. The molecule has 0 saturated carbocycles. The van der Waals surface area contributed by atoms with Crippen LogP contribution in [-0.4, -0.2) is 15.7 Å². The van der Waals surface area contributed by atoms with Crippen molar-refractivity contribution in [3.63, 3.8) is 0 Å². The minimum absolute atomic E-state index is 0.154. The van der Waals surface area contributed by atoms with Gasteiger partial charge in [-0.15, -0.1) is 0 Å². The van der Waals surface area contributed by atoms with Crippen LogP contribution in [0.4, 0.5) is 0 Å². The summed E-state index contributed by atoms with van der Waals surface area (Å²) in [4.78, 5) is 12.7. The van der Waals surface area contributed by atoms with Gasteiger partial charge >= 0.3 is 0 Å². The quantitative estimate of drug-likeness (QED) is 0.746. The molecule has 0 spiro atoms. The molecule has 6 heteroatoms. The molecule has 130 valence electrons. The molecule has 2 heterocycles. The van der Waals surface area contributed by atoms with Crippen LogP contribution in [0.25, 0.3) is 5.69 Å². The average molecular weight is 358 g/mol. The summed E-state index contributed by atoms with van der Waals surface area (Å²) >= 11 is 6.04. The molecule has 1 unspecified atom stereocenters. The van der Waals surface area contributed by atoms with E-state index in [9.17, 15) is 4.79 Å². The molecule has 0 aliphatic rings. The monoisotopic (exact) mass is 357 g/mol. The topological polar surface area (TPSA) is 60.1 Å². The van der Waals surface area contributed by atoms with Gasteiger partial charge in [0.1, 0.15) is 11.5 Å². The van der Waals surface area contributed by atoms with E-state index in [2.05, 4.69) is 10.4 Å². The fourth-order valence-electron chi connectivity index (χ4n) is 2.93. The molecule has 1 aromatic carbocycles. The standard InChI is InChI=1S/C19H20ClN3O2/c1-11-8-17(14(4)25-11)12(2)22-19(24)18-10-21-23(13(18)3)16-7-5-6-15(20)9-16/h5-10,12H,1-4H3,(H,22,24). The first-order valence-corrected chi connectivity index (χ1v) is 8.43. The van der Waals surface area contributed by atoms with Crippen LogP contribution in [0.3, 0.4) is 0 Å².